The number of imidazole rings is 1. The maximum absolute atomic E-state index is 11.8. The number of aryl methyl sites for hydroxylation is 2. The Labute approximate surface area is 170 Å². The molecule has 0 unspecified atom stereocenters. The lowest BCUT2D eigenvalue weighted by Crippen LogP contribution is -2.41. The topological polar surface area (TPSA) is 109 Å². The van der Waals surface area contributed by atoms with Crippen LogP contribution in [0.2, 0.25) is 0 Å². The van der Waals surface area contributed by atoms with Gasteiger partial charge in [0.05, 0.1) is 17.6 Å². The third kappa shape index (κ3) is 4.59. The molecular formula is C21H30N6O2. The van der Waals surface area contributed by atoms with Crippen molar-refractivity contribution in [3.63, 3.8) is 0 Å². The molecule has 156 valence electrons. The van der Waals surface area contributed by atoms with E-state index < -0.39 is 6.03 Å². The van der Waals surface area contributed by atoms with Crippen LogP contribution in [-0.2, 0) is 13.0 Å². The molecule has 0 saturated carbocycles. The average Bonchev–Trinajstić information content (AvgIpc) is 3.04. The molecule has 0 aliphatic heterocycles. The highest BCUT2D eigenvalue weighted by Crippen LogP contribution is 2.29. The molecule has 0 atom stereocenters. The number of urea groups is 1. The summed E-state index contributed by atoms with van der Waals surface area (Å²) in [5, 5.41) is 14.3. The predicted octanol–water partition coefficient (Wildman–Crippen LogP) is 3.71. The number of hydrogen-bond acceptors (Lipinski definition) is 5. The Bertz CT molecular complexity index is 998. The fraction of sp³-hybridized carbons (Fsp3) is 0.476. The van der Waals surface area contributed by atoms with E-state index in [1.165, 1.54) is 0 Å². The van der Waals surface area contributed by atoms with Crippen LogP contribution in [-0.4, -0.2) is 43.4 Å². The number of anilines is 1. The Kier molecular flexibility index (Phi) is 6.53. The molecule has 3 rings (SSSR count). The number of carbonyl (C=O) groups is 1. The van der Waals surface area contributed by atoms with Gasteiger partial charge in [-0.3, -0.25) is 5.21 Å². The number of nitrogen functional groups attached to an aromatic ring is 1. The van der Waals surface area contributed by atoms with Gasteiger partial charge in [-0.2, -0.15) is 0 Å². The number of nitrogens with one attached hydrogen (secondary N) is 1. The largest absolute Gasteiger partial charge is 0.382 e. The van der Waals surface area contributed by atoms with Crippen molar-refractivity contribution in [3.05, 3.63) is 30.1 Å². The van der Waals surface area contributed by atoms with Crippen molar-refractivity contribution < 1.29 is 10.0 Å². The lowest BCUT2D eigenvalue weighted by molar-refractivity contribution is -0.0448. The molecular weight excluding hydrogens is 368 g/mol. The SMILES string of the molecule is CCCc1nc2c(N)nc3ccccc3c2n1CCCCN(O)C(=O)NC(C)C. The zero-order chi connectivity index (χ0) is 21.0. The molecule has 2 aromatic heterocycles. The number of para-hydroxylation sites is 1. The van der Waals surface area contributed by atoms with Crippen LogP contribution in [0, 0.1) is 0 Å². The van der Waals surface area contributed by atoms with Gasteiger partial charge in [0.15, 0.2) is 5.82 Å². The Morgan fingerprint density at radius 1 is 1.28 bits per heavy atom. The second-order valence-electron chi connectivity index (χ2n) is 7.58. The second-order valence-corrected chi connectivity index (χ2v) is 7.58. The van der Waals surface area contributed by atoms with Gasteiger partial charge in [-0.05, 0) is 39.2 Å². The van der Waals surface area contributed by atoms with E-state index in [9.17, 15) is 10.0 Å². The molecule has 0 fully saturated rings. The third-order valence-electron chi connectivity index (χ3n) is 4.81. The molecule has 0 aliphatic rings. The predicted molar refractivity (Wildman–Crippen MR) is 115 cm³/mol. The summed E-state index contributed by atoms with van der Waals surface area (Å²) >= 11 is 0. The molecule has 3 aromatic rings. The van der Waals surface area contributed by atoms with Crippen molar-refractivity contribution in [2.75, 3.05) is 12.3 Å². The van der Waals surface area contributed by atoms with E-state index in [1.54, 1.807) is 0 Å². The van der Waals surface area contributed by atoms with Crippen LogP contribution in [0.15, 0.2) is 24.3 Å². The Morgan fingerprint density at radius 2 is 2.03 bits per heavy atom. The van der Waals surface area contributed by atoms with Gasteiger partial charge in [-0.1, -0.05) is 25.1 Å². The van der Waals surface area contributed by atoms with Crippen molar-refractivity contribution in [2.24, 2.45) is 0 Å². The minimum absolute atomic E-state index is 0.0154. The summed E-state index contributed by atoms with van der Waals surface area (Å²) in [4.78, 5) is 21.1. The number of hydroxylamine groups is 2. The van der Waals surface area contributed by atoms with Crippen molar-refractivity contribution in [2.45, 2.75) is 59.0 Å². The molecule has 8 nitrogen and oxygen atoms in total. The summed E-state index contributed by atoms with van der Waals surface area (Å²) in [5.74, 6) is 1.44. The highest BCUT2D eigenvalue weighted by atomic mass is 16.5. The first-order chi connectivity index (χ1) is 13.9. The van der Waals surface area contributed by atoms with Crippen LogP contribution in [0.1, 0.15) is 45.9 Å². The molecule has 0 radical (unpaired) electrons. The lowest BCUT2D eigenvalue weighted by Gasteiger charge is -2.18. The van der Waals surface area contributed by atoms with Crippen molar-refractivity contribution in [3.8, 4) is 0 Å². The van der Waals surface area contributed by atoms with E-state index in [2.05, 4.69) is 21.8 Å². The number of hydrogen-bond donors (Lipinski definition) is 3. The van der Waals surface area contributed by atoms with Crippen LogP contribution in [0.4, 0.5) is 10.6 Å². The minimum Gasteiger partial charge on any atom is -0.382 e. The average molecular weight is 399 g/mol. The Hall–Kier alpha value is -2.87. The minimum atomic E-state index is -0.468. The van der Waals surface area contributed by atoms with Crippen molar-refractivity contribution >= 4 is 33.8 Å². The maximum Gasteiger partial charge on any atom is 0.341 e. The molecule has 1 aromatic carbocycles. The van der Waals surface area contributed by atoms with Gasteiger partial charge >= 0.3 is 6.03 Å². The van der Waals surface area contributed by atoms with E-state index in [1.807, 2.05) is 38.1 Å². The Balaban J connectivity index is 1.81. The van der Waals surface area contributed by atoms with Crippen LogP contribution < -0.4 is 11.1 Å². The van der Waals surface area contributed by atoms with Gasteiger partial charge in [0.2, 0.25) is 0 Å². The van der Waals surface area contributed by atoms with Gasteiger partial charge in [0.1, 0.15) is 11.3 Å². The first-order valence-corrected chi connectivity index (χ1v) is 10.2. The van der Waals surface area contributed by atoms with Crippen LogP contribution >= 0.6 is 0 Å². The van der Waals surface area contributed by atoms with Gasteiger partial charge in [-0.25, -0.2) is 19.8 Å². The zero-order valence-corrected chi connectivity index (χ0v) is 17.4. The maximum atomic E-state index is 11.8. The number of rotatable bonds is 8. The number of aromatic nitrogens is 3. The van der Waals surface area contributed by atoms with Crippen LogP contribution in [0.3, 0.4) is 0 Å². The summed E-state index contributed by atoms with van der Waals surface area (Å²) in [6.45, 7) is 6.85. The lowest BCUT2D eigenvalue weighted by atomic mass is 10.2. The number of amides is 2. The third-order valence-corrected chi connectivity index (χ3v) is 4.81. The summed E-state index contributed by atoms with van der Waals surface area (Å²) in [6, 6.07) is 7.46. The molecule has 0 spiro atoms. The molecule has 4 N–H and O–H groups in total. The molecule has 0 bridgehead atoms. The summed E-state index contributed by atoms with van der Waals surface area (Å²) in [5.41, 5.74) is 8.80. The molecule has 29 heavy (non-hydrogen) atoms. The van der Waals surface area contributed by atoms with Crippen molar-refractivity contribution in [1.82, 2.24) is 24.9 Å². The van der Waals surface area contributed by atoms with E-state index in [-0.39, 0.29) is 12.6 Å². The van der Waals surface area contributed by atoms with Gasteiger partial charge in [0, 0.05) is 24.4 Å². The van der Waals surface area contributed by atoms with Crippen molar-refractivity contribution in [1.29, 1.82) is 0 Å². The number of unbranched alkanes of at least 4 members (excludes halogenated alkanes) is 1. The smallest absolute Gasteiger partial charge is 0.341 e. The van der Waals surface area contributed by atoms with E-state index >= 15 is 0 Å². The summed E-state index contributed by atoms with van der Waals surface area (Å²) in [6.07, 6.45) is 3.30. The van der Waals surface area contributed by atoms with E-state index in [0.29, 0.717) is 12.2 Å². The van der Waals surface area contributed by atoms with Gasteiger partial charge in [-0.15, -0.1) is 0 Å². The number of nitrogens with two attached hydrogens (primary N) is 1. The van der Waals surface area contributed by atoms with Crippen LogP contribution in [0.25, 0.3) is 21.9 Å². The molecule has 0 saturated heterocycles. The molecule has 2 amide bonds. The zero-order valence-electron chi connectivity index (χ0n) is 17.4. The quantitative estimate of drug-likeness (QED) is 0.304. The first-order valence-electron chi connectivity index (χ1n) is 10.2. The number of benzene rings is 1. The number of pyridine rings is 1. The number of nitrogens with zero attached hydrogens (tertiary/aromatic N) is 4. The molecule has 8 heteroatoms. The van der Waals surface area contributed by atoms with Gasteiger partial charge in [0.25, 0.3) is 0 Å². The second kappa shape index (κ2) is 9.09. The molecule has 0 aliphatic carbocycles. The molecule has 2 heterocycles. The number of carbonyl (C=O) groups excluding carboxylic acids is 1. The summed E-state index contributed by atoms with van der Waals surface area (Å²) in [7, 11) is 0. The fourth-order valence-electron chi connectivity index (χ4n) is 3.51. The monoisotopic (exact) mass is 398 g/mol. The first kappa shape index (κ1) is 20.9. The van der Waals surface area contributed by atoms with E-state index in [0.717, 1.165) is 58.6 Å². The summed E-state index contributed by atoms with van der Waals surface area (Å²) < 4.78 is 2.22. The highest BCUT2D eigenvalue weighted by Gasteiger charge is 2.17. The normalized spacial score (nSPS) is 11.5. The standard InChI is InChI=1S/C21H30N6O2/c1-4-9-17-25-18-19(15-10-5-6-11-16(15)24-20(18)22)26(17)12-7-8-13-27(29)21(28)23-14(2)3/h5-6,10-11,14,29H,4,7-9,12-13H2,1-3H3,(H2,22,24)(H,23,28). The van der Waals surface area contributed by atoms with E-state index in [4.69, 9.17) is 10.7 Å². The highest BCUT2D eigenvalue weighted by molar-refractivity contribution is 6.06. The van der Waals surface area contributed by atoms with Gasteiger partial charge < -0.3 is 15.6 Å². The fourth-order valence-corrected chi connectivity index (χ4v) is 3.51. The number of fused-ring (bicyclic) bond motifs is 3. The van der Waals surface area contributed by atoms with Crippen LogP contribution in [0.5, 0.6) is 0 Å². The Morgan fingerprint density at radius 3 is 2.76 bits per heavy atom.